The standard InChI is InChI=1S/C7H6N2O/c1-3-6-4-8-9(2)7(6)5-10/h1,4-5H,2H3. The van der Waals surface area contributed by atoms with E-state index >= 15 is 0 Å². The van der Waals surface area contributed by atoms with E-state index in [1.807, 2.05) is 0 Å². The number of nitrogens with zero attached hydrogens (tertiary/aromatic N) is 2. The number of aromatic nitrogens is 2. The number of hydrogen-bond donors (Lipinski definition) is 0. The molecular weight excluding hydrogens is 128 g/mol. The van der Waals surface area contributed by atoms with Crippen LogP contribution in [0.2, 0.25) is 0 Å². The van der Waals surface area contributed by atoms with Crippen LogP contribution in [-0.4, -0.2) is 16.1 Å². The summed E-state index contributed by atoms with van der Waals surface area (Å²) in [5.41, 5.74) is 0.986. The van der Waals surface area contributed by atoms with E-state index in [4.69, 9.17) is 6.42 Å². The lowest BCUT2D eigenvalue weighted by Gasteiger charge is -1.89. The van der Waals surface area contributed by atoms with Gasteiger partial charge in [0.25, 0.3) is 0 Å². The fourth-order valence-corrected chi connectivity index (χ4v) is 0.698. The molecule has 0 aromatic carbocycles. The zero-order valence-electron chi connectivity index (χ0n) is 5.53. The third kappa shape index (κ3) is 0.799. The molecule has 0 saturated heterocycles. The van der Waals surface area contributed by atoms with Gasteiger partial charge >= 0.3 is 0 Å². The Bertz CT molecular complexity index is 293. The number of rotatable bonds is 1. The molecule has 0 radical (unpaired) electrons. The fourth-order valence-electron chi connectivity index (χ4n) is 0.698. The molecule has 0 spiro atoms. The van der Waals surface area contributed by atoms with E-state index in [0.29, 0.717) is 17.5 Å². The maximum atomic E-state index is 10.3. The third-order valence-electron chi connectivity index (χ3n) is 1.25. The summed E-state index contributed by atoms with van der Waals surface area (Å²) < 4.78 is 1.45. The molecular formula is C7H6N2O. The molecule has 0 N–H and O–H groups in total. The van der Waals surface area contributed by atoms with E-state index in [9.17, 15) is 4.79 Å². The van der Waals surface area contributed by atoms with Crippen molar-refractivity contribution in [2.24, 2.45) is 7.05 Å². The number of carbonyl (C=O) groups is 1. The molecule has 1 aromatic rings. The first-order valence-electron chi connectivity index (χ1n) is 2.73. The largest absolute Gasteiger partial charge is 0.296 e. The van der Waals surface area contributed by atoms with Crippen LogP contribution in [0, 0.1) is 12.3 Å². The second kappa shape index (κ2) is 2.36. The quantitative estimate of drug-likeness (QED) is 0.406. The minimum absolute atomic E-state index is 0.447. The number of carbonyl (C=O) groups excluding carboxylic acids is 1. The van der Waals surface area contributed by atoms with Gasteiger partial charge in [0.05, 0.1) is 11.8 Å². The van der Waals surface area contributed by atoms with Crippen LogP contribution in [0.15, 0.2) is 6.20 Å². The van der Waals surface area contributed by atoms with Gasteiger partial charge in [0.1, 0.15) is 5.69 Å². The number of aldehydes is 1. The molecule has 0 amide bonds. The molecule has 1 aromatic heterocycles. The van der Waals surface area contributed by atoms with Crippen molar-refractivity contribution < 1.29 is 4.79 Å². The Morgan fingerprint density at radius 1 is 1.90 bits per heavy atom. The molecule has 3 heteroatoms. The van der Waals surface area contributed by atoms with Gasteiger partial charge in [0.15, 0.2) is 6.29 Å². The highest BCUT2D eigenvalue weighted by atomic mass is 16.1. The Hall–Kier alpha value is -1.56. The minimum atomic E-state index is 0.447. The average molecular weight is 134 g/mol. The Kier molecular flexibility index (Phi) is 1.55. The summed E-state index contributed by atoms with van der Waals surface area (Å²) in [6.45, 7) is 0. The van der Waals surface area contributed by atoms with Crippen molar-refractivity contribution in [3.63, 3.8) is 0 Å². The van der Waals surface area contributed by atoms with Gasteiger partial charge in [-0.3, -0.25) is 9.48 Å². The summed E-state index contributed by atoms with van der Waals surface area (Å²) in [5.74, 6) is 2.35. The summed E-state index contributed by atoms with van der Waals surface area (Å²) in [6.07, 6.45) is 7.26. The maximum Gasteiger partial charge on any atom is 0.169 e. The average Bonchev–Trinajstić information content (AvgIpc) is 2.30. The zero-order chi connectivity index (χ0) is 7.56. The summed E-state index contributed by atoms with van der Waals surface area (Å²) in [4.78, 5) is 10.3. The highest BCUT2D eigenvalue weighted by Crippen LogP contribution is 2.00. The normalized spacial score (nSPS) is 8.80. The number of terminal acetylenes is 1. The van der Waals surface area contributed by atoms with E-state index in [1.165, 1.54) is 10.9 Å². The summed E-state index contributed by atoms with van der Waals surface area (Å²) >= 11 is 0. The topological polar surface area (TPSA) is 34.9 Å². The van der Waals surface area contributed by atoms with Crippen LogP contribution >= 0.6 is 0 Å². The Labute approximate surface area is 58.7 Å². The highest BCUT2D eigenvalue weighted by molar-refractivity contribution is 5.76. The summed E-state index contributed by atoms with van der Waals surface area (Å²) in [5, 5.41) is 3.80. The SMILES string of the molecule is C#Cc1cnn(C)c1C=O. The lowest BCUT2D eigenvalue weighted by molar-refractivity contribution is 0.111. The summed E-state index contributed by atoms with van der Waals surface area (Å²) in [7, 11) is 1.67. The third-order valence-corrected chi connectivity index (χ3v) is 1.25. The molecule has 0 bridgehead atoms. The van der Waals surface area contributed by atoms with Crippen molar-refractivity contribution >= 4 is 6.29 Å². The molecule has 0 aliphatic carbocycles. The zero-order valence-corrected chi connectivity index (χ0v) is 5.53. The fraction of sp³-hybridized carbons (Fsp3) is 0.143. The van der Waals surface area contributed by atoms with E-state index in [1.54, 1.807) is 7.05 Å². The first-order valence-corrected chi connectivity index (χ1v) is 2.73. The number of aryl methyl sites for hydroxylation is 1. The first-order chi connectivity index (χ1) is 4.79. The molecule has 10 heavy (non-hydrogen) atoms. The highest BCUT2D eigenvalue weighted by Gasteiger charge is 2.02. The molecule has 1 heterocycles. The molecule has 50 valence electrons. The molecule has 0 aliphatic heterocycles. The second-order valence-electron chi connectivity index (χ2n) is 1.83. The molecule has 0 atom stereocenters. The minimum Gasteiger partial charge on any atom is -0.296 e. The van der Waals surface area contributed by atoms with Crippen molar-refractivity contribution in [1.29, 1.82) is 0 Å². The van der Waals surface area contributed by atoms with Crippen LogP contribution in [0.1, 0.15) is 16.1 Å². The van der Waals surface area contributed by atoms with Gasteiger partial charge in [0.2, 0.25) is 0 Å². The van der Waals surface area contributed by atoms with Crippen LogP contribution in [0.4, 0.5) is 0 Å². The van der Waals surface area contributed by atoms with Crippen LogP contribution in [0.5, 0.6) is 0 Å². The van der Waals surface area contributed by atoms with Crippen molar-refractivity contribution in [3.8, 4) is 12.3 Å². The predicted octanol–water partition coefficient (Wildman–Crippen LogP) is 0.214. The van der Waals surface area contributed by atoms with E-state index in [-0.39, 0.29) is 0 Å². The summed E-state index contributed by atoms with van der Waals surface area (Å²) in [6, 6.07) is 0. The molecule has 0 saturated carbocycles. The lowest BCUT2D eigenvalue weighted by atomic mass is 10.3. The second-order valence-corrected chi connectivity index (χ2v) is 1.83. The van der Waals surface area contributed by atoms with Gasteiger partial charge in [-0.15, -0.1) is 6.42 Å². The van der Waals surface area contributed by atoms with Crippen LogP contribution in [0.25, 0.3) is 0 Å². The molecule has 0 fully saturated rings. The number of hydrogen-bond acceptors (Lipinski definition) is 2. The van der Waals surface area contributed by atoms with Crippen molar-refractivity contribution in [2.75, 3.05) is 0 Å². The van der Waals surface area contributed by atoms with Gasteiger partial charge in [-0.05, 0) is 0 Å². The van der Waals surface area contributed by atoms with Crippen LogP contribution < -0.4 is 0 Å². The molecule has 1 rings (SSSR count). The Balaban J connectivity index is 3.29. The molecule has 0 aliphatic rings. The van der Waals surface area contributed by atoms with Gasteiger partial charge in [-0.2, -0.15) is 5.10 Å². The Morgan fingerprint density at radius 2 is 2.60 bits per heavy atom. The van der Waals surface area contributed by atoms with Gasteiger partial charge in [-0.25, -0.2) is 0 Å². The van der Waals surface area contributed by atoms with Gasteiger partial charge < -0.3 is 0 Å². The van der Waals surface area contributed by atoms with Crippen LogP contribution in [0.3, 0.4) is 0 Å². The first kappa shape index (κ1) is 6.56. The molecule has 0 unspecified atom stereocenters. The van der Waals surface area contributed by atoms with Gasteiger partial charge in [-0.1, -0.05) is 5.92 Å². The van der Waals surface area contributed by atoms with Crippen molar-refractivity contribution in [3.05, 3.63) is 17.5 Å². The Morgan fingerprint density at radius 3 is 3.00 bits per heavy atom. The van der Waals surface area contributed by atoms with E-state index < -0.39 is 0 Å². The van der Waals surface area contributed by atoms with E-state index in [2.05, 4.69) is 11.0 Å². The van der Waals surface area contributed by atoms with Crippen molar-refractivity contribution in [2.45, 2.75) is 0 Å². The van der Waals surface area contributed by atoms with Gasteiger partial charge in [0, 0.05) is 7.05 Å². The van der Waals surface area contributed by atoms with E-state index in [0.717, 1.165) is 0 Å². The maximum absolute atomic E-state index is 10.3. The molecule has 3 nitrogen and oxygen atoms in total. The van der Waals surface area contributed by atoms with Crippen LogP contribution in [-0.2, 0) is 7.05 Å². The lowest BCUT2D eigenvalue weighted by Crippen LogP contribution is -1.96. The van der Waals surface area contributed by atoms with Crippen molar-refractivity contribution in [1.82, 2.24) is 9.78 Å². The monoisotopic (exact) mass is 134 g/mol. The predicted molar refractivity (Wildman–Crippen MR) is 36.5 cm³/mol. The smallest absolute Gasteiger partial charge is 0.169 e.